The smallest absolute Gasteiger partial charge is 0.0845 e. The number of rotatable bonds is 10. The minimum absolute atomic E-state index is 0.764. The number of hydrogen-bond acceptors (Lipinski definition) is 1. The lowest BCUT2D eigenvalue weighted by atomic mass is 10.1. The van der Waals surface area contributed by atoms with Gasteiger partial charge in [0, 0.05) is 0 Å². The van der Waals surface area contributed by atoms with Crippen LogP contribution in [0, 0.1) is 0 Å². The molecule has 0 atom stereocenters. The summed E-state index contributed by atoms with van der Waals surface area (Å²) in [6, 6.07) is 0. The van der Waals surface area contributed by atoms with Crippen LogP contribution in [0.1, 0.15) is 52.4 Å². The van der Waals surface area contributed by atoms with Gasteiger partial charge in [0.15, 0.2) is 0 Å². The highest BCUT2D eigenvalue weighted by Crippen LogP contribution is 2.18. The maximum absolute atomic E-state index is 5.26. The highest BCUT2D eigenvalue weighted by molar-refractivity contribution is 6.81. The van der Waals surface area contributed by atoms with Gasteiger partial charge in [-0.1, -0.05) is 57.1 Å². The highest BCUT2D eigenvalue weighted by Gasteiger charge is 2.10. The minimum atomic E-state index is -1.09. The molecule has 0 aliphatic carbocycles. The normalized spacial score (nSPS) is 13.3. The van der Waals surface area contributed by atoms with Crippen molar-refractivity contribution in [2.24, 2.45) is 0 Å². The highest BCUT2D eigenvalue weighted by atomic mass is 28.3. The van der Waals surface area contributed by atoms with Gasteiger partial charge in [-0.25, -0.2) is 0 Å². The average Bonchev–Trinajstić information content (AvgIpc) is 2.28. The molecule has 0 radical (unpaired) electrons. The summed E-state index contributed by atoms with van der Waals surface area (Å²) in [5.41, 5.74) is 4.18. The molecule has 0 unspecified atom stereocenters. The van der Waals surface area contributed by atoms with E-state index in [1.54, 1.807) is 5.57 Å². The molecule has 2 heteroatoms. The summed E-state index contributed by atoms with van der Waals surface area (Å²) in [4.78, 5) is 0. The van der Waals surface area contributed by atoms with Gasteiger partial charge in [0.2, 0.25) is 0 Å². The maximum atomic E-state index is 5.26. The maximum Gasteiger partial charge on any atom is 0.0845 e. The van der Waals surface area contributed by atoms with Gasteiger partial charge in [-0.15, -0.1) is 0 Å². The third-order valence-corrected chi connectivity index (χ3v) is 4.00. The second-order valence-electron chi connectivity index (χ2n) is 6.01. The summed E-state index contributed by atoms with van der Waals surface area (Å²) in [5, 5.41) is 0. The monoisotopic (exact) mass is 268 g/mol. The molecule has 0 saturated heterocycles. The largest absolute Gasteiger partial charge is 0.502 e. The van der Waals surface area contributed by atoms with Crippen molar-refractivity contribution in [2.45, 2.75) is 72.0 Å². The third-order valence-electron chi connectivity index (χ3n) is 2.73. The van der Waals surface area contributed by atoms with E-state index in [2.05, 4.69) is 38.3 Å². The molecule has 0 aromatic carbocycles. The molecule has 0 fully saturated rings. The lowest BCUT2D eigenvalue weighted by molar-refractivity contribution is 0.268. The van der Waals surface area contributed by atoms with Gasteiger partial charge in [-0.3, -0.25) is 0 Å². The van der Waals surface area contributed by atoms with E-state index >= 15 is 0 Å². The van der Waals surface area contributed by atoms with Crippen molar-refractivity contribution < 1.29 is 4.74 Å². The van der Waals surface area contributed by atoms with E-state index in [1.165, 1.54) is 32.1 Å². The van der Waals surface area contributed by atoms with Crippen LogP contribution in [0.15, 0.2) is 23.6 Å². The summed E-state index contributed by atoms with van der Waals surface area (Å²) in [6.07, 6.45) is 11.7. The van der Waals surface area contributed by atoms with E-state index < -0.39 is 8.07 Å². The molecule has 106 valence electrons. The fourth-order valence-corrected chi connectivity index (χ4v) is 3.48. The van der Waals surface area contributed by atoms with E-state index in [-0.39, 0.29) is 0 Å². The molecular formula is C16H32OSi. The Kier molecular flexibility index (Phi) is 10.1. The van der Waals surface area contributed by atoms with Crippen LogP contribution in [-0.2, 0) is 4.74 Å². The van der Waals surface area contributed by atoms with Crippen LogP contribution in [0.4, 0.5) is 0 Å². The molecule has 0 aromatic rings. The fraction of sp³-hybridized carbons (Fsp3) is 0.750. The Labute approximate surface area is 115 Å². The Morgan fingerprint density at radius 3 is 2.33 bits per heavy atom. The summed E-state index contributed by atoms with van der Waals surface area (Å²) < 4.78 is 5.26. The molecule has 0 heterocycles. The molecule has 0 spiro atoms. The van der Waals surface area contributed by atoms with Crippen molar-refractivity contribution in [3.05, 3.63) is 23.6 Å². The van der Waals surface area contributed by atoms with Crippen LogP contribution in [0.3, 0.4) is 0 Å². The van der Waals surface area contributed by atoms with Crippen molar-refractivity contribution >= 4 is 8.07 Å². The Morgan fingerprint density at radius 1 is 1.06 bits per heavy atom. The molecule has 0 N–H and O–H groups in total. The molecule has 18 heavy (non-hydrogen) atoms. The fourth-order valence-electron chi connectivity index (χ4n) is 1.99. The van der Waals surface area contributed by atoms with Gasteiger partial charge in [0.05, 0.1) is 20.9 Å². The van der Waals surface area contributed by atoms with Crippen LogP contribution in [0.25, 0.3) is 0 Å². The third kappa shape index (κ3) is 12.0. The van der Waals surface area contributed by atoms with Gasteiger partial charge < -0.3 is 4.74 Å². The zero-order valence-electron chi connectivity index (χ0n) is 13.1. The Hall–Kier alpha value is -0.503. The molecule has 0 bridgehead atoms. The molecule has 0 aromatic heterocycles. The first-order chi connectivity index (χ1) is 8.49. The zero-order chi connectivity index (χ0) is 13.9. The predicted molar refractivity (Wildman–Crippen MR) is 85.6 cm³/mol. The van der Waals surface area contributed by atoms with Gasteiger partial charge in [0.1, 0.15) is 0 Å². The number of unbranched alkanes of at least 4 members (excludes halogenated alkanes) is 3. The number of ether oxygens (including phenoxy) is 1. The van der Waals surface area contributed by atoms with Crippen LogP contribution < -0.4 is 0 Å². The average molecular weight is 269 g/mol. The van der Waals surface area contributed by atoms with Crippen LogP contribution in [0.2, 0.25) is 19.6 Å². The van der Waals surface area contributed by atoms with Gasteiger partial charge >= 0.3 is 0 Å². The van der Waals surface area contributed by atoms with Gasteiger partial charge in [0.25, 0.3) is 0 Å². The quantitative estimate of drug-likeness (QED) is 0.280. The van der Waals surface area contributed by atoms with Gasteiger partial charge in [-0.05, 0) is 32.3 Å². The second kappa shape index (κ2) is 10.4. The van der Waals surface area contributed by atoms with E-state index in [9.17, 15) is 0 Å². The SMILES string of the molecule is CCCCCCC(=C[Si](C)(C)C)CC=COCC. The topological polar surface area (TPSA) is 9.23 Å². The summed E-state index contributed by atoms with van der Waals surface area (Å²) >= 11 is 0. The van der Waals surface area contributed by atoms with E-state index in [0.717, 1.165) is 13.0 Å². The van der Waals surface area contributed by atoms with E-state index in [1.807, 2.05) is 13.2 Å². The summed E-state index contributed by atoms with van der Waals surface area (Å²) in [5.74, 6) is 0. The van der Waals surface area contributed by atoms with Crippen molar-refractivity contribution in [1.29, 1.82) is 0 Å². The van der Waals surface area contributed by atoms with Crippen LogP contribution in [-0.4, -0.2) is 14.7 Å². The first kappa shape index (κ1) is 17.5. The Balaban J connectivity index is 4.22. The van der Waals surface area contributed by atoms with Crippen LogP contribution >= 0.6 is 0 Å². The molecule has 0 saturated carbocycles. The lowest BCUT2D eigenvalue weighted by Crippen LogP contribution is -2.16. The van der Waals surface area contributed by atoms with Crippen molar-refractivity contribution in [3.63, 3.8) is 0 Å². The lowest BCUT2D eigenvalue weighted by Gasteiger charge is -2.14. The van der Waals surface area contributed by atoms with Crippen molar-refractivity contribution in [2.75, 3.05) is 6.61 Å². The second-order valence-corrected chi connectivity index (χ2v) is 11.0. The molecule has 1 nitrogen and oxygen atoms in total. The molecular weight excluding hydrogens is 236 g/mol. The standard InChI is InChI=1S/C16H32OSi/c1-6-8-9-10-12-16(15-18(3,4)5)13-11-14-17-7-2/h11,14-15H,6-10,12-13H2,1-5H3. The molecule has 0 aliphatic rings. The zero-order valence-corrected chi connectivity index (χ0v) is 14.1. The molecule has 0 rings (SSSR count). The van der Waals surface area contributed by atoms with E-state index in [0.29, 0.717) is 0 Å². The summed E-state index contributed by atoms with van der Waals surface area (Å²) in [7, 11) is -1.09. The minimum Gasteiger partial charge on any atom is -0.502 e. The molecule has 0 amide bonds. The Bertz CT molecular complexity index is 248. The first-order valence-electron chi connectivity index (χ1n) is 7.46. The predicted octanol–water partition coefficient (Wildman–Crippen LogP) is 5.70. The molecule has 0 aliphatic heterocycles. The van der Waals surface area contributed by atoms with Crippen molar-refractivity contribution in [3.8, 4) is 0 Å². The van der Waals surface area contributed by atoms with Crippen LogP contribution in [0.5, 0.6) is 0 Å². The number of hydrogen-bond donors (Lipinski definition) is 0. The Morgan fingerprint density at radius 2 is 1.78 bits per heavy atom. The summed E-state index contributed by atoms with van der Waals surface area (Å²) in [6.45, 7) is 12.3. The van der Waals surface area contributed by atoms with E-state index in [4.69, 9.17) is 4.74 Å². The first-order valence-corrected chi connectivity index (χ1v) is 11.0. The van der Waals surface area contributed by atoms with Crippen molar-refractivity contribution in [1.82, 2.24) is 0 Å². The van der Waals surface area contributed by atoms with Gasteiger partial charge in [-0.2, -0.15) is 0 Å². The number of allylic oxidation sites excluding steroid dienone is 2.